The SMILES string of the molecule is CCN1CCCC(CN2CCNCC2=O)C1. The number of piperidine rings is 1. The van der Waals surface area contributed by atoms with Gasteiger partial charge < -0.3 is 15.1 Å². The lowest BCUT2D eigenvalue weighted by atomic mass is 9.97. The Bertz CT molecular complexity index is 244. The van der Waals surface area contributed by atoms with Gasteiger partial charge in [0.05, 0.1) is 6.54 Å². The van der Waals surface area contributed by atoms with Crippen molar-refractivity contribution in [3.63, 3.8) is 0 Å². The summed E-state index contributed by atoms with van der Waals surface area (Å²) in [5.74, 6) is 0.968. The highest BCUT2D eigenvalue weighted by Gasteiger charge is 2.24. The van der Waals surface area contributed by atoms with E-state index in [9.17, 15) is 4.79 Å². The number of hydrogen-bond donors (Lipinski definition) is 1. The number of carbonyl (C=O) groups excluding carboxylic acids is 1. The van der Waals surface area contributed by atoms with E-state index in [4.69, 9.17) is 0 Å². The molecule has 2 heterocycles. The Balaban J connectivity index is 1.81. The van der Waals surface area contributed by atoms with Crippen molar-refractivity contribution in [3.8, 4) is 0 Å². The fourth-order valence-corrected chi connectivity index (χ4v) is 2.74. The Labute approximate surface area is 98.0 Å². The number of piperazine rings is 1. The van der Waals surface area contributed by atoms with Crippen molar-refractivity contribution >= 4 is 5.91 Å². The van der Waals surface area contributed by atoms with Gasteiger partial charge in [-0.25, -0.2) is 0 Å². The van der Waals surface area contributed by atoms with Crippen LogP contribution in [0.5, 0.6) is 0 Å². The van der Waals surface area contributed by atoms with E-state index in [2.05, 4.69) is 17.1 Å². The molecule has 2 aliphatic rings. The Morgan fingerprint density at radius 3 is 3.06 bits per heavy atom. The average Bonchev–Trinajstić information content (AvgIpc) is 2.32. The van der Waals surface area contributed by atoms with Crippen LogP contribution >= 0.6 is 0 Å². The predicted octanol–water partition coefficient (Wildman–Crippen LogP) is 0.150. The second-order valence-corrected chi connectivity index (χ2v) is 4.92. The molecule has 1 amide bonds. The standard InChI is InChI=1S/C12H23N3O/c1-2-14-6-3-4-11(9-14)10-15-7-5-13-8-12(15)16/h11,13H,2-10H2,1H3. The van der Waals surface area contributed by atoms with Crippen LogP contribution in [0.3, 0.4) is 0 Å². The van der Waals surface area contributed by atoms with Gasteiger partial charge in [-0.1, -0.05) is 6.92 Å². The van der Waals surface area contributed by atoms with E-state index in [-0.39, 0.29) is 5.91 Å². The van der Waals surface area contributed by atoms with Gasteiger partial charge in [0.25, 0.3) is 0 Å². The van der Waals surface area contributed by atoms with Crippen molar-refractivity contribution in [2.45, 2.75) is 19.8 Å². The monoisotopic (exact) mass is 225 g/mol. The third-order valence-corrected chi connectivity index (χ3v) is 3.72. The Morgan fingerprint density at radius 1 is 1.44 bits per heavy atom. The molecule has 0 aromatic rings. The van der Waals surface area contributed by atoms with Crippen molar-refractivity contribution < 1.29 is 4.79 Å². The maximum Gasteiger partial charge on any atom is 0.236 e. The molecule has 4 nitrogen and oxygen atoms in total. The van der Waals surface area contributed by atoms with E-state index in [0.29, 0.717) is 12.5 Å². The van der Waals surface area contributed by atoms with E-state index in [1.165, 1.54) is 25.9 Å². The van der Waals surface area contributed by atoms with E-state index >= 15 is 0 Å². The van der Waals surface area contributed by atoms with Crippen LogP contribution in [0.1, 0.15) is 19.8 Å². The summed E-state index contributed by atoms with van der Waals surface area (Å²) in [7, 11) is 0. The minimum absolute atomic E-state index is 0.278. The topological polar surface area (TPSA) is 35.6 Å². The highest BCUT2D eigenvalue weighted by atomic mass is 16.2. The quantitative estimate of drug-likeness (QED) is 0.743. The van der Waals surface area contributed by atoms with Crippen molar-refractivity contribution in [1.82, 2.24) is 15.1 Å². The van der Waals surface area contributed by atoms with Crippen LogP contribution in [0.15, 0.2) is 0 Å². The molecule has 0 radical (unpaired) electrons. The maximum atomic E-state index is 11.7. The summed E-state index contributed by atoms with van der Waals surface area (Å²) >= 11 is 0. The molecule has 1 unspecified atom stereocenters. The molecule has 2 saturated heterocycles. The lowest BCUT2D eigenvalue weighted by Gasteiger charge is -2.36. The zero-order valence-electron chi connectivity index (χ0n) is 10.2. The number of nitrogens with zero attached hydrogens (tertiary/aromatic N) is 2. The summed E-state index contributed by atoms with van der Waals surface area (Å²) < 4.78 is 0. The molecule has 92 valence electrons. The molecule has 2 fully saturated rings. The Morgan fingerprint density at radius 2 is 2.31 bits per heavy atom. The highest BCUT2D eigenvalue weighted by Crippen LogP contribution is 2.17. The molecule has 0 saturated carbocycles. The second-order valence-electron chi connectivity index (χ2n) is 4.92. The van der Waals surface area contributed by atoms with Crippen molar-refractivity contribution in [1.29, 1.82) is 0 Å². The first-order valence-corrected chi connectivity index (χ1v) is 6.50. The minimum atomic E-state index is 0.278. The lowest BCUT2D eigenvalue weighted by molar-refractivity contribution is -0.132. The van der Waals surface area contributed by atoms with Gasteiger partial charge in [-0.3, -0.25) is 4.79 Å². The van der Waals surface area contributed by atoms with Gasteiger partial charge in [-0.2, -0.15) is 0 Å². The number of hydrogen-bond acceptors (Lipinski definition) is 3. The van der Waals surface area contributed by atoms with Crippen LogP contribution in [-0.2, 0) is 4.79 Å². The highest BCUT2D eigenvalue weighted by molar-refractivity contribution is 5.78. The first-order chi connectivity index (χ1) is 7.79. The number of rotatable bonds is 3. The minimum Gasteiger partial charge on any atom is -0.340 e. The lowest BCUT2D eigenvalue weighted by Crippen LogP contribution is -2.51. The molecule has 1 atom stereocenters. The molecular formula is C12H23N3O. The largest absolute Gasteiger partial charge is 0.340 e. The fraction of sp³-hybridized carbons (Fsp3) is 0.917. The first-order valence-electron chi connectivity index (χ1n) is 6.50. The average molecular weight is 225 g/mol. The summed E-state index contributed by atoms with van der Waals surface area (Å²) in [4.78, 5) is 16.2. The van der Waals surface area contributed by atoms with Gasteiger partial charge in [0.1, 0.15) is 0 Å². The summed E-state index contributed by atoms with van der Waals surface area (Å²) in [5.41, 5.74) is 0. The number of amides is 1. The van der Waals surface area contributed by atoms with Crippen LogP contribution < -0.4 is 5.32 Å². The van der Waals surface area contributed by atoms with Gasteiger partial charge in [-0.15, -0.1) is 0 Å². The van der Waals surface area contributed by atoms with E-state index in [0.717, 1.165) is 26.2 Å². The first kappa shape index (κ1) is 11.9. The molecule has 0 spiro atoms. The molecule has 16 heavy (non-hydrogen) atoms. The van der Waals surface area contributed by atoms with E-state index < -0.39 is 0 Å². The van der Waals surface area contributed by atoms with Crippen LogP contribution in [0.2, 0.25) is 0 Å². The zero-order chi connectivity index (χ0) is 11.4. The molecule has 0 bridgehead atoms. The molecule has 4 heteroatoms. The van der Waals surface area contributed by atoms with Crippen molar-refractivity contribution in [3.05, 3.63) is 0 Å². The Hall–Kier alpha value is -0.610. The van der Waals surface area contributed by atoms with E-state index in [1.807, 2.05) is 4.90 Å². The van der Waals surface area contributed by atoms with Gasteiger partial charge >= 0.3 is 0 Å². The van der Waals surface area contributed by atoms with Crippen molar-refractivity contribution in [2.24, 2.45) is 5.92 Å². The third-order valence-electron chi connectivity index (χ3n) is 3.72. The Kier molecular flexibility index (Phi) is 4.18. The third kappa shape index (κ3) is 2.95. The van der Waals surface area contributed by atoms with Crippen LogP contribution in [0.25, 0.3) is 0 Å². The van der Waals surface area contributed by atoms with Gasteiger partial charge in [0.2, 0.25) is 5.91 Å². The van der Waals surface area contributed by atoms with Gasteiger partial charge in [-0.05, 0) is 31.8 Å². The van der Waals surface area contributed by atoms with Crippen LogP contribution in [0.4, 0.5) is 0 Å². The molecule has 2 aliphatic heterocycles. The molecule has 0 aromatic heterocycles. The number of nitrogens with one attached hydrogen (secondary N) is 1. The summed E-state index contributed by atoms with van der Waals surface area (Å²) in [6.45, 7) is 9.12. The second kappa shape index (κ2) is 5.64. The van der Waals surface area contributed by atoms with Gasteiger partial charge in [0.15, 0.2) is 0 Å². The summed E-state index contributed by atoms with van der Waals surface area (Å²) in [5, 5.41) is 3.12. The molecule has 1 N–H and O–H groups in total. The molecule has 0 aliphatic carbocycles. The van der Waals surface area contributed by atoms with Crippen LogP contribution in [0, 0.1) is 5.92 Å². The fourth-order valence-electron chi connectivity index (χ4n) is 2.74. The van der Waals surface area contributed by atoms with Gasteiger partial charge in [0, 0.05) is 26.2 Å². The summed E-state index contributed by atoms with van der Waals surface area (Å²) in [6, 6.07) is 0. The van der Waals surface area contributed by atoms with Crippen molar-refractivity contribution in [2.75, 3.05) is 45.8 Å². The smallest absolute Gasteiger partial charge is 0.236 e. The van der Waals surface area contributed by atoms with E-state index in [1.54, 1.807) is 0 Å². The maximum absolute atomic E-state index is 11.7. The summed E-state index contributed by atoms with van der Waals surface area (Å²) in [6.07, 6.45) is 2.58. The van der Waals surface area contributed by atoms with Crippen LogP contribution in [-0.4, -0.2) is 61.5 Å². The normalized spacial score (nSPS) is 28.4. The molecule has 0 aromatic carbocycles. The zero-order valence-corrected chi connectivity index (χ0v) is 10.2. The molecular weight excluding hydrogens is 202 g/mol. The number of likely N-dealkylation sites (tertiary alicyclic amines) is 1. The predicted molar refractivity (Wildman–Crippen MR) is 64.3 cm³/mol. The number of carbonyl (C=O) groups is 1. The molecule has 2 rings (SSSR count).